The van der Waals surface area contributed by atoms with Crippen molar-refractivity contribution in [3.63, 3.8) is 0 Å². The third kappa shape index (κ3) is 2.78. The van der Waals surface area contributed by atoms with Crippen LogP contribution in [0, 0.1) is 0 Å². The Morgan fingerprint density at radius 2 is 2.05 bits per heavy atom. The zero-order valence-corrected chi connectivity index (χ0v) is 12.4. The Labute approximate surface area is 126 Å². The maximum absolute atomic E-state index is 11.9. The summed E-state index contributed by atoms with van der Waals surface area (Å²) in [7, 11) is 0. The van der Waals surface area contributed by atoms with Crippen LogP contribution >= 0.6 is 27.3 Å². The number of nitrogens with zero attached hydrogens (tertiary/aromatic N) is 2. The van der Waals surface area contributed by atoms with Crippen LogP contribution < -0.4 is 5.32 Å². The lowest BCUT2D eigenvalue weighted by molar-refractivity contribution is 0.102. The number of rotatable bonds is 3. The number of thiophene rings is 1. The number of hydrogen-bond acceptors (Lipinski definition) is 5. The second kappa shape index (κ2) is 5.56. The van der Waals surface area contributed by atoms with Gasteiger partial charge in [0.05, 0.1) is 9.35 Å². The van der Waals surface area contributed by atoms with Gasteiger partial charge in [0.15, 0.2) is 0 Å². The lowest BCUT2D eigenvalue weighted by Gasteiger charge is -1.96. The SMILES string of the molecule is O=C(Nc1nnc(-c2ccccc2)o1)c1csc(Br)c1. The Hall–Kier alpha value is -1.99. The van der Waals surface area contributed by atoms with E-state index >= 15 is 0 Å². The Morgan fingerprint density at radius 1 is 1.25 bits per heavy atom. The van der Waals surface area contributed by atoms with E-state index in [0.717, 1.165) is 9.35 Å². The van der Waals surface area contributed by atoms with Crippen LogP contribution in [0.1, 0.15) is 10.4 Å². The molecule has 0 radical (unpaired) electrons. The first kappa shape index (κ1) is 13.0. The molecule has 1 N–H and O–H groups in total. The largest absolute Gasteiger partial charge is 0.403 e. The second-order valence-electron chi connectivity index (χ2n) is 3.87. The molecule has 0 saturated carbocycles. The minimum absolute atomic E-state index is 0.0798. The molecule has 0 aliphatic rings. The Kier molecular flexibility index (Phi) is 3.62. The fraction of sp³-hybridized carbons (Fsp3) is 0. The molecule has 2 aromatic heterocycles. The summed E-state index contributed by atoms with van der Waals surface area (Å²) < 4.78 is 6.29. The van der Waals surface area contributed by atoms with E-state index in [1.165, 1.54) is 11.3 Å². The summed E-state index contributed by atoms with van der Waals surface area (Å²) in [5.74, 6) is 0.0858. The zero-order valence-electron chi connectivity index (χ0n) is 10.0. The first-order valence-electron chi connectivity index (χ1n) is 5.67. The number of nitrogens with one attached hydrogen (secondary N) is 1. The van der Waals surface area contributed by atoms with E-state index in [2.05, 4.69) is 31.4 Å². The predicted octanol–water partition coefficient (Wildman–Crippen LogP) is 3.81. The van der Waals surface area contributed by atoms with Crippen LogP contribution in [-0.2, 0) is 0 Å². The minimum Gasteiger partial charge on any atom is -0.403 e. The second-order valence-corrected chi connectivity index (χ2v) is 6.16. The van der Waals surface area contributed by atoms with E-state index in [4.69, 9.17) is 4.42 Å². The lowest BCUT2D eigenvalue weighted by atomic mass is 10.2. The van der Waals surface area contributed by atoms with Gasteiger partial charge in [-0.3, -0.25) is 10.1 Å². The minimum atomic E-state index is -0.282. The van der Waals surface area contributed by atoms with Crippen LogP contribution in [0.15, 0.2) is 50.0 Å². The van der Waals surface area contributed by atoms with Gasteiger partial charge in [-0.05, 0) is 34.1 Å². The lowest BCUT2D eigenvalue weighted by Crippen LogP contribution is -2.10. The summed E-state index contributed by atoms with van der Waals surface area (Å²) in [6.45, 7) is 0. The number of halogens is 1. The molecule has 0 fully saturated rings. The van der Waals surface area contributed by atoms with Gasteiger partial charge < -0.3 is 4.42 Å². The summed E-state index contributed by atoms with van der Waals surface area (Å²) >= 11 is 4.74. The number of carbonyl (C=O) groups is 1. The van der Waals surface area contributed by atoms with Gasteiger partial charge in [0.1, 0.15) is 0 Å². The number of anilines is 1. The molecule has 0 aliphatic carbocycles. The summed E-state index contributed by atoms with van der Waals surface area (Å²) in [6.07, 6.45) is 0. The molecule has 3 aromatic rings. The number of benzene rings is 1. The topological polar surface area (TPSA) is 68.0 Å². The number of carbonyl (C=O) groups excluding carboxylic acids is 1. The first-order valence-corrected chi connectivity index (χ1v) is 7.34. The fourth-order valence-corrected chi connectivity index (χ4v) is 2.71. The highest BCUT2D eigenvalue weighted by Gasteiger charge is 2.13. The normalized spacial score (nSPS) is 10.4. The molecule has 0 unspecified atom stereocenters. The zero-order chi connectivity index (χ0) is 13.9. The average molecular weight is 350 g/mol. The highest BCUT2D eigenvalue weighted by atomic mass is 79.9. The van der Waals surface area contributed by atoms with Crippen molar-refractivity contribution in [2.75, 3.05) is 5.32 Å². The van der Waals surface area contributed by atoms with E-state index < -0.39 is 0 Å². The predicted molar refractivity (Wildman–Crippen MR) is 79.7 cm³/mol. The van der Waals surface area contributed by atoms with E-state index in [0.29, 0.717) is 11.5 Å². The van der Waals surface area contributed by atoms with Crippen molar-refractivity contribution in [1.29, 1.82) is 0 Å². The third-order valence-corrected chi connectivity index (χ3v) is 4.00. The van der Waals surface area contributed by atoms with Crippen LogP contribution in [0.2, 0.25) is 0 Å². The molecule has 0 spiro atoms. The maximum atomic E-state index is 11.9. The number of hydrogen-bond donors (Lipinski definition) is 1. The molecule has 0 aliphatic heterocycles. The summed E-state index contributed by atoms with van der Waals surface area (Å²) in [5, 5.41) is 12.0. The number of amides is 1. The average Bonchev–Trinajstić information content (AvgIpc) is 3.09. The molecule has 20 heavy (non-hydrogen) atoms. The highest BCUT2D eigenvalue weighted by Crippen LogP contribution is 2.22. The fourth-order valence-electron chi connectivity index (χ4n) is 1.57. The Bertz CT molecular complexity index is 739. The molecule has 3 rings (SSSR count). The Balaban J connectivity index is 1.76. The van der Waals surface area contributed by atoms with Crippen molar-refractivity contribution in [2.45, 2.75) is 0 Å². The van der Waals surface area contributed by atoms with Crippen LogP contribution in [0.25, 0.3) is 11.5 Å². The van der Waals surface area contributed by atoms with Gasteiger partial charge in [-0.15, -0.1) is 16.4 Å². The smallest absolute Gasteiger partial charge is 0.322 e. The molecule has 100 valence electrons. The standard InChI is InChI=1S/C13H8BrN3O2S/c14-10-6-9(7-20-10)11(18)15-13-17-16-12(19-13)8-4-2-1-3-5-8/h1-7H,(H,15,17,18). The molecule has 2 heterocycles. The van der Waals surface area contributed by atoms with Gasteiger partial charge >= 0.3 is 6.01 Å². The molecular formula is C13H8BrN3O2S. The first-order chi connectivity index (χ1) is 9.72. The molecule has 1 aromatic carbocycles. The van der Waals surface area contributed by atoms with Gasteiger partial charge in [0.2, 0.25) is 5.89 Å². The summed E-state index contributed by atoms with van der Waals surface area (Å²) in [4.78, 5) is 11.9. The van der Waals surface area contributed by atoms with Crippen LogP contribution in [-0.4, -0.2) is 16.1 Å². The highest BCUT2D eigenvalue weighted by molar-refractivity contribution is 9.11. The maximum Gasteiger partial charge on any atom is 0.322 e. The van der Waals surface area contributed by atoms with Gasteiger partial charge in [-0.2, -0.15) is 0 Å². The quantitative estimate of drug-likeness (QED) is 0.780. The third-order valence-electron chi connectivity index (χ3n) is 2.50. The van der Waals surface area contributed by atoms with Crippen molar-refractivity contribution in [2.24, 2.45) is 0 Å². The molecule has 0 saturated heterocycles. The summed E-state index contributed by atoms with van der Waals surface area (Å²) in [6, 6.07) is 11.2. The van der Waals surface area contributed by atoms with Gasteiger partial charge in [-0.1, -0.05) is 23.3 Å². The molecule has 0 bridgehead atoms. The van der Waals surface area contributed by atoms with E-state index in [1.54, 1.807) is 11.4 Å². The van der Waals surface area contributed by atoms with Crippen LogP contribution in [0.3, 0.4) is 0 Å². The monoisotopic (exact) mass is 349 g/mol. The number of aromatic nitrogens is 2. The molecule has 7 heteroatoms. The van der Waals surface area contributed by atoms with Crippen molar-refractivity contribution in [3.05, 3.63) is 51.1 Å². The summed E-state index contributed by atoms with van der Waals surface area (Å²) in [5.41, 5.74) is 1.35. The molecule has 1 amide bonds. The van der Waals surface area contributed by atoms with Gasteiger partial charge in [0, 0.05) is 10.9 Å². The van der Waals surface area contributed by atoms with E-state index in [9.17, 15) is 4.79 Å². The van der Waals surface area contributed by atoms with E-state index in [1.807, 2.05) is 30.3 Å². The Morgan fingerprint density at radius 3 is 2.75 bits per heavy atom. The van der Waals surface area contributed by atoms with Gasteiger partial charge in [0.25, 0.3) is 5.91 Å². The van der Waals surface area contributed by atoms with Crippen LogP contribution in [0.5, 0.6) is 0 Å². The van der Waals surface area contributed by atoms with Gasteiger partial charge in [-0.25, -0.2) is 0 Å². The van der Waals surface area contributed by atoms with E-state index in [-0.39, 0.29) is 11.9 Å². The van der Waals surface area contributed by atoms with Crippen molar-refractivity contribution < 1.29 is 9.21 Å². The van der Waals surface area contributed by atoms with Crippen LogP contribution in [0.4, 0.5) is 6.01 Å². The molecule has 0 atom stereocenters. The molecule has 5 nitrogen and oxygen atoms in total. The molecular weight excluding hydrogens is 342 g/mol. The van der Waals surface area contributed by atoms with Crippen molar-refractivity contribution >= 4 is 39.2 Å². The van der Waals surface area contributed by atoms with Crippen molar-refractivity contribution in [1.82, 2.24) is 10.2 Å². The van der Waals surface area contributed by atoms with Crippen molar-refractivity contribution in [3.8, 4) is 11.5 Å².